The minimum Gasteiger partial charge on any atom is -1.00 e. The number of hydrogen-bond acceptors (Lipinski definition) is 5. The van der Waals surface area contributed by atoms with Crippen LogP contribution in [0.2, 0.25) is 0 Å². The van der Waals surface area contributed by atoms with Gasteiger partial charge in [0.15, 0.2) is 12.4 Å². The number of aromatic nitrogens is 1. The van der Waals surface area contributed by atoms with E-state index in [-0.39, 0.29) is 62.7 Å². The molecule has 2 heterocycles. The fraction of sp³-hybridized carbons (Fsp3) is 0.333. The number of halogens is 2. The highest BCUT2D eigenvalue weighted by molar-refractivity contribution is 5.94. The van der Waals surface area contributed by atoms with Gasteiger partial charge in [-0.3, -0.25) is 9.59 Å². The Hall–Kier alpha value is -3.82. The summed E-state index contributed by atoms with van der Waals surface area (Å²) in [6, 6.07) is 18.8. The summed E-state index contributed by atoms with van der Waals surface area (Å²) in [5.41, 5.74) is 2.46. The second-order valence-electron chi connectivity index (χ2n) is 9.35. The van der Waals surface area contributed by atoms with Gasteiger partial charge < -0.3 is 32.7 Å². The molecule has 1 atom stereocenters. The standard InChI is InChI=1S/C30H33FN4O4.ClH/c31-24-9-6-10-25(22-24)35(28(37)12-7-19-34-17-4-1-5-18-34)20-14-27(36)32-16-21-39-30(38)29-26-11-3-2-8-23(26)13-15-33-29;/h1-6,8-11,17-18,22,29,33H,7,12-16,19-21H2;1H. The molecule has 1 aliphatic rings. The molecule has 2 N–H and O–H groups in total. The molecule has 0 fully saturated rings. The Bertz CT molecular complexity index is 1280. The summed E-state index contributed by atoms with van der Waals surface area (Å²) in [5, 5.41) is 5.91. The molecule has 0 aliphatic carbocycles. The molecule has 1 unspecified atom stereocenters. The Morgan fingerprint density at radius 3 is 2.62 bits per heavy atom. The summed E-state index contributed by atoms with van der Waals surface area (Å²) in [4.78, 5) is 39.6. The number of hydrogen-bond donors (Lipinski definition) is 2. The lowest BCUT2D eigenvalue weighted by Gasteiger charge is -2.25. The number of nitrogens with one attached hydrogen (secondary N) is 2. The first-order chi connectivity index (χ1) is 19.0. The van der Waals surface area contributed by atoms with Gasteiger partial charge in [0, 0.05) is 50.2 Å². The van der Waals surface area contributed by atoms with Crippen LogP contribution in [0.3, 0.4) is 0 Å². The van der Waals surface area contributed by atoms with Crippen molar-refractivity contribution in [2.45, 2.75) is 38.3 Å². The normalized spacial score (nSPS) is 13.9. The van der Waals surface area contributed by atoms with Crippen molar-refractivity contribution >= 4 is 23.5 Å². The molecule has 0 radical (unpaired) electrons. The Labute approximate surface area is 239 Å². The summed E-state index contributed by atoms with van der Waals surface area (Å²) in [6.45, 7) is 1.66. The molecule has 8 nitrogen and oxygen atoms in total. The lowest BCUT2D eigenvalue weighted by Crippen LogP contribution is -3.00. The maximum atomic E-state index is 13.9. The number of pyridine rings is 1. The first kappa shape index (κ1) is 30.7. The van der Waals surface area contributed by atoms with E-state index >= 15 is 0 Å². The van der Waals surface area contributed by atoms with E-state index in [0.29, 0.717) is 25.2 Å². The molecule has 1 aliphatic heterocycles. The smallest absolute Gasteiger partial charge is 0.327 e. The van der Waals surface area contributed by atoms with Crippen LogP contribution in [0, 0.1) is 5.82 Å². The van der Waals surface area contributed by atoms with Gasteiger partial charge in [-0.2, -0.15) is 0 Å². The quantitative estimate of drug-likeness (QED) is 0.180. The molecule has 1 aromatic heterocycles. The van der Waals surface area contributed by atoms with Gasteiger partial charge in [0.1, 0.15) is 25.0 Å². The molecule has 2 amide bonds. The van der Waals surface area contributed by atoms with Crippen molar-refractivity contribution in [3.05, 3.63) is 96.1 Å². The van der Waals surface area contributed by atoms with Crippen molar-refractivity contribution in [2.24, 2.45) is 0 Å². The number of rotatable bonds is 12. The zero-order chi connectivity index (χ0) is 27.5. The molecule has 0 spiro atoms. The molecule has 40 heavy (non-hydrogen) atoms. The lowest BCUT2D eigenvalue weighted by molar-refractivity contribution is -0.697. The topological polar surface area (TPSA) is 91.6 Å². The number of amides is 2. The molecule has 4 rings (SSSR count). The van der Waals surface area contributed by atoms with Crippen molar-refractivity contribution in [3.8, 4) is 0 Å². The predicted octanol–water partition coefficient (Wildman–Crippen LogP) is -0.133. The van der Waals surface area contributed by atoms with Crippen molar-refractivity contribution < 1.29 is 40.5 Å². The number of carbonyl (C=O) groups is 3. The van der Waals surface area contributed by atoms with E-state index in [4.69, 9.17) is 4.74 Å². The first-order valence-corrected chi connectivity index (χ1v) is 13.3. The Morgan fingerprint density at radius 2 is 1.82 bits per heavy atom. The van der Waals surface area contributed by atoms with Crippen LogP contribution in [0.15, 0.2) is 79.1 Å². The molecule has 2 aromatic carbocycles. The highest BCUT2D eigenvalue weighted by Gasteiger charge is 2.27. The number of esters is 1. The van der Waals surface area contributed by atoms with Gasteiger partial charge in [0.25, 0.3) is 0 Å². The van der Waals surface area contributed by atoms with E-state index in [1.165, 1.54) is 17.0 Å². The van der Waals surface area contributed by atoms with Crippen LogP contribution in [0.1, 0.15) is 36.4 Å². The highest BCUT2D eigenvalue weighted by atomic mass is 35.5. The number of aryl methyl sites for hydroxylation is 1. The largest absolute Gasteiger partial charge is 1.00 e. The van der Waals surface area contributed by atoms with Crippen LogP contribution in [-0.2, 0) is 32.1 Å². The summed E-state index contributed by atoms with van der Waals surface area (Å²) < 4.78 is 21.3. The van der Waals surface area contributed by atoms with Gasteiger partial charge in [-0.1, -0.05) is 36.4 Å². The average molecular weight is 569 g/mol. The molecular weight excluding hydrogens is 535 g/mol. The number of anilines is 1. The van der Waals surface area contributed by atoms with Gasteiger partial charge in [0.2, 0.25) is 11.8 Å². The number of benzene rings is 2. The second kappa shape index (κ2) is 15.7. The first-order valence-electron chi connectivity index (χ1n) is 13.3. The zero-order valence-electron chi connectivity index (χ0n) is 22.2. The third-order valence-electron chi connectivity index (χ3n) is 6.58. The molecular formula is C30H34ClFN4O4. The number of nitrogens with zero attached hydrogens (tertiary/aromatic N) is 2. The molecule has 3 aromatic rings. The van der Waals surface area contributed by atoms with Crippen molar-refractivity contribution in [1.29, 1.82) is 0 Å². The number of fused-ring (bicyclic) bond motifs is 1. The van der Waals surface area contributed by atoms with Crippen LogP contribution in [-0.4, -0.2) is 44.0 Å². The minimum atomic E-state index is -0.517. The van der Waals surface area contributed by atoms with E-state index in [9.17, 15) is 18.8 Å². The van der Waals surface area contributed by atoms with E-state index in [0.717, 1.165) is 17.5 Å². The molecule has 10 heteroatoms. The van der Waals surface area contributed by atoms with Crippen molar-refractivity contribution in [1.82, 2.24) is 10.6 Å². The van der Waals surface area contributed by atoms with Crippen molar-refractivity contribution in [2.75, 3.05) is 31.1 Å². The summed E-state index contributed by atoms with van der Waals surface area (Å²) >= 11 is 0. The summed E-state index contributed by atoms with van der Waals surface area (Å²) in [5.74, 6) is -1.31. The fourth-order valence-electron chi connectivity index (χ4n) is 4.62. The number of carbonyl (C=O) groups excluding carboxylic acids is 3. The van der Waals surface area contributed by atoms with E-state index in [2.05, 4.69) is 10.6 Å². The second-order valence-corrected chi connectivity index (χ2v) is 9.35. The summed E-state index contributed by atoms with van der Waals surface area (Å²) in [6.07, 6.45) is 5.62. The summed E-state index contributed by atoms with van der Waals surface area (Å²) in [7, 11) is 0. The molecule has 212 valence electrons. The SMILES string of the molecule is O=C(CCN(C(=O)CCC[n+]1ccccc1)c1cccc(F)c1)NCCOC(=O)C1NCCc2ccccc21.[Cl-]. The monoisotopic (exact) mass is 568 g/mol. The Kier molecular flexibility index (Phi) is 12.0. The van der Waals surface area contributed by atoms with Gasteiger partial charge in [0.05, 0.1) is 6.54 Å². The van der Waals surface area contributed by atoms with E-state index in [1.54, 1.807) is 12.1 Å². The van der Waals surface area contributed by atoms with Crippen LogP contribution in [0.4, 0.5) is 10.1 Å². The van der Waals surface area contributed by atoms with E-state index < -0.39 is 11.9 Å². The lowest BCUT2D eigenvalue weighted by atomic mass is 9.94. The third kappa shape index (κ3) is 8.86. The predicted molar refractivity (Wildman–Crippen MR) is 144 cm³/mol. The molecule has 0 saturated heterocycles. The maximum absolute atomic E-state index is 13.9. The third-order valence-corrected chi connectivity index (χ3v) is 6.58. The van der Waals surface area contributed by atoms with E-state index in [1.807, 2.05) is 59.4 Å². The van der Waals surface area contributed by atoms with Crippen LogP contribution in [0.25, 0.3) is 0 Å². The van der Waals surface area contributed by atoms with Crippen molar-refractivity contribution in [3.63, 3.8) is 0 Å². The van der Waals surface area contributed by atoms with Gasteiger partial charge >= 0.3 is 5.97 Å². The van der Waals surface area contributed by atoms with Crippen LogP contribution >= 0.6 is 0 Å². The maximum Gasteiger partial charge on any atom is 0.327 e. The zero-order valence-corrected chi connectivity index (χ0v) is 23.0. The Morgan fingerprint density at radius 1 is 1.02 bits per heavy atom. The molecule has 0 bridgehead atoms. The van der Waals surface area contributed by atoms with Gasteiger partial charge in [-0.05, 0) is 35.7 Å². The van der Waals surface area contributed by atoms with Crippen LogP contribution < -0.4 is 32.5 Å². The Balaban J connectivity index is 0.00000441. The highest BCUT2D eigenvalue weighted by Crippen LogP contribution is 2.23. The van der Waals surface area contributed by atoms with Gasteiger partial charge in [-0.25, -0.2) is 13.8 Å². The van der Waals surface area contributed by atoms with Crippen LogP contribution in [0.5, 0.6) is 0 Å². The van der Waals surface area contributed by atoms with Gasteiger partial charge in [-0.15, -0.1) is 0 Å². The minimum absolute atomic E-state index is 0. The number of ether oxygens (including phenoxy) is 1. The molecule has 0 saturated carbocycles. The average Bonchev–Trinajstić information content (AvgIpc) is 2.95. The fourth-order valence-corrected chi connectivity index (χ4v) is 4.62.